The van der Waals surface area contributed by atoms with E-state index in [1.54, 1.807) is 7.11 Å². The quantitative estimate of drug-likeness (QED) is 0.0344. The summed E-state index contributed by atoms with van der Waals surface area (Å²) in [6.45, 7) is 9.40. The number of hydrogen-bond acceptors (Lipinski definition) is 13. The molecule has 312 valence electrons. The lowest BCUT2D eigenvalue weighted by molar-refractivity contribution is -0.130. The second-order valence-corrected chi connectivity index (χ2v) is 14.8. The average Bonchev–Trinajstić information content (AvgIpc) is 4.09. The van der Waals surface area contributed by atoms with E-state index < -0.39 is 41.6 Å². The third-order valence-electron chi connectivity index (χ3n) is 10.0. The number of hydrogen-bond donors (Lipinski definition) is 6. The highest BCUT2D eigenvalue weighted by molar-refractivity contribution is 5.91. The van der Waals surface area contributed by atoms with E-state index in [0.717, 1.165) is 18.4 Å². The monoisotopic (exact) mass is 788 g/mol. The van der Waals surface area contributed by atoms with Crippen LogP contribution in [0.15, 0.2) is 42.0 Å². The molecule has 1 spiro atoms. The molecule has 56 heavy (non-hydrogen) atoms. The van der Waals surface area contributed by atoms with Gasteiger partial charge in [0.2, 0.25) is 17.7 Å². The van der Waals surface area contributed by atoms with Crippen LogP contribution in [0.4, 0.5) is 4.79 Å². The van der Waals surface area contributed by atoms with E-state index >= 15 is 0 Å². The highest BCUT2D eigenvalue weighted by Crippen LogP contribution is 2.59. The van der Waals surface area contributed by atoms with Crippen molar-refractivity contribution in [3.05, 3.63) is 47.5 Å². The summed E-state index contributed by atoms with van der Waals surface area (Å²) in [5.41, 5.74) is 6.62. The summed E-state index contributed by atoms with van der Waals surface area (Å²) in [6.07, 6.45) is 3.36. The third-order valence-corrected chi connectivity index (χ3v) is 10.0. The molecule has 7 atom stereocenters. The fourth-order valence-corrected chi connectivity index (χ4v) is 7.05. The number of Topliss-reactive ketones (excluding diaryl/α,β-unsaturated/α-hetero) is 1. The van der Waals surface area contributed by atoms with Gasteiger partial charge in [0.15, 0.2) is 0 Å². The number of epoxide rings is 2. The van der Waals surface area contributed by atoms with Crippen LogP contribution >= 0.6 is 0 Å². The molecule has 4 rings (SSSR count). The van der Waals surface area contributed by atoms with Gasteiger partial charge in [0.1, 0.15) is 35.2 Å². The molecule has 1 aromatic rings. The Morgan fingerprint density at radius 3 is 2.21 bits per heavy atom. The number of ketones is 1. The summed E-state index contributed by atoms with van der Waals surface area (Å²) in [5, 5.41) is 10.6. The number of benzene rings is 1. The van der Waals surface area contributed by atoms with E-state index in [0.29, 0.717) is 13.0 Å². The van der Waals surface area contributed by atoms with Crippen molar-refractivity contribution in [1.29, 1.82) is 0 Å². The molecule has 2 heterocycles. The smallest absolute Gasteiger partial charge is 0.407 e. The van der Waals surface area contributed by atoms with Crippen molar-refractivity contribution in [1.82, 2.24) is 32.1 Å². The van der Waals surface area contributed by atoms with E-state index in [4.69, 9.17) is 28.4 Å². The van der Waals surface area contributed by atoms with Crippen molar-refractivity contribution in [2.45, 2.75) is 88.9 Å². The normalized spacial score (nSPS) is 25.4. The number of rotatable bonds is 25. The van der Waals surface area contributed by atoms with Gasteiger partial charge in [-0.25, -0.2) is 15.6 Å². The van der Waals surface area contributed by atoms with Gasteiger partial charge in [0, 0.05) is 26.6 Å². The standard InChI is InChI=1S/C39H60N6O11/c1-26(2)11-12-31-38(4,56-31)35-34(51-5)30(13-14-39(35)25-54-39)55-37(50)41-16-18-53-20-19-52-17-15-40-32(47)23-42-36(49)29(21-28-9-7-6-8-10-28)45-33(48)24-44-43-22-27(3)46/h6-11,29-31,34-35,43-44H,12-25H2,1-5H3,(H,40,47)(H,41,50)(H,42,49)(H,45,48)/t29-,30?,31+,34?,35?,38?,39-/m0/s1. The molecule has 17 heteroatoms. The molecule has 0 bridgehead atoms. The number of carbonyl (C=O) groups excluding carboxylic acids is 5. The number of allylic oxidation sites excluding steroid dienone is 1. The van der Waals surface area contributed by atoms with Crippen molar-refractivity contribution < 1.29 is 52.4 Å². The Labute approximate surface area is 329 Å². The first kappa shape index (κ1) is 44.7. The second kappa shape index (κ2) is 22.1. The second-order valence-electron chi connectivity index (χ2n) is 14.8. The van der Waals surface area contributed by atoms with Crippen LogP contribution in [0.2, 0.25) is 0 Å². The SMILES string of the molecule is COC1C(OC(=O)NCCOCCOCCNC(=O)CNC(=O)[C@H](Cc2ccccc2)NC(=O)CNNCC(C)=O)CC[C@]2(CO2)C1C1(C)O[C@@H]1CC=C(C)C. The molecule has 0 aromatic heterocycles. The molecule has 2 aliphatic heterocycles. The van der Waals surface area contributed by atoms with E-state index in [9.17, 15) is 24.0 Å². The number of ether oxygens (including phenoxy) is 6. The van der Waals surface area contributed by atoms with Gasteiger partial charge in [0.25, 0.3) is 0 Å². The van der Waals surface area contributed by atoms with Crippen LogP contribution < -0.4 is 32.1 Å². The first-order valence-electron chi connectivity index (χ1n) is 19.3. The van der Waals surface area contributed by atoms with Crippen molar-refractivity contribution in [2.75, 3.05) is 72.9 Å². The van der Waals surface area contributed by atoms with E-state index in [1.165, 1.54) is 12.5 Å². The molecular formula is C39H60N6O11. The largest absolute Gasteiger partial charge is 0.443 e. The molecule has 0 radical (unpaired) electrons. The fraction of sp³-hybridized carbons (Fsp3) is 0.667. The van der Waals surface area contributed by atoms with Gasteiger partial charge in [-0.1, -0.05) is 42.0 Å². The van der Waals surface area contributed by atoms with E-state index in [1.807, 2.05) is 30.3 Å². The molecule has 3 fully saturated rings. The topological polar surface area (TPSA) is 220 Å². The molecule has 6 N–H and O–H groups in total. The van der Waals surface area contributed by atoms with E-state index in [2.05, 4.69) is 59.0 Å². The van der Waals surface area contributed by atoms with Crippen LogP contribution in [0.25, 0.3) is 0 Å². The number of methoxy groups -OCH3 is 1. The maximum Gasteiger partial charge on any atom is 0.407 e. The number of nitrogens with one attached hydrogen (secondary N) is 6. The summed E-state index contributed by atoms with van der Waals surface area (Å²) in [4.78, 5) is 61.5. The highest BCUT2D eigenvalue weighted by Gasteiger charge is 2.72. The number of alkyl carbamates (subject to hydrolysis) is 1. The predicted molar refractivity (Wildman–Crippen MR) is 204 cm³/mol. The minimum Gasteiger partial charge on any atom is -0.443 e. The molecule has 1 saturated carbocycles. The van der Waals surface area contributed by atoms with Gasteiger partial charge in [-0.15, -0.1) is 0 Å². The summed E-state index contributed by atoms with van der Waals surface area (Å²) in [5.74, 6) is -1.56. The molecule has 3 aliphatic rings. The Morgan fingerprint density at radius 2 is 1.57 bits per heavy atom. The van der Waals surface area contributed by atoms with Gasteiger partial charge in [-0.3, -0.25) is 19.2 Å². The Balaban J connectivity index is 1.05. The maximum atomic E-state index is 12.9. The van der Waals surface area contributed by atoms with E-state index in [-0.39, 0.29) is 95.1 Å². The summed E-state index contributed by atoms with van der Waals surface area (Å²) in [6, 6.07) is 8.24. The van der Waals surface area contributed by atoms with Gasteiger partial charge in [-0.2, -0.15) is 0 Å². The Kier molecular flexibility index (Phi) is 17.7. The molecule has 1 aliphatic carbocycles. The van der Waals surface area contributed by atoms with Crippen LogP contribution in [0.5, 0.6) is 0 Å². The fourth-order valence-electron chi connectivity index (χ4n) is 7.05. The van der Waals surface area contributed by atoms with Gasteiger partial charge in [-0.05, 0) is 52.5 Å². The Hall–Kier alpha value is -3.97. The molecule has 1 aromatic carbocycles. The minimum absolute atomic E-state index is 0.0523. The number of hydrazine groups is 1. The first-order valence-corrected chi connectivity index (χ1v) is 19.3. The zero-order chi connectivity index (χ0) is 40.6. The number of amides is 4. The number of carbonyl (C=O) groups is 5. The Morgan fingerprint density at radius 1 is 0.893 bits per heavy atom. The van der Waals surface area contributed by atoms with Crippen LogP contribution in [0.1, 0.15) is 52.5 Å². The molecule has 2 saturated heterocycles. The highest BCUT2D eigenvalue weighted by atomic mass is 16.6. The molecular weight excluding hydrogens is 728 g/mol. The first-order chi connectivity index (χ1) is 26.9. The van der Waals surface area contributed by atoms with Crippen LogP contribution in [0, 0.1) is 5.92 Å². The third kappa shape index (κ3) is 14.2. The van der Waals surface area contributed by atoms with Gasteiger partial charge in [0.05, 0.1) is 64.7 Å². The van der Waals surface area contributed by atoms with Crippen LogP contribution in [0.3, 0.4) is 0 Å². The van der Waals surface area contributed by atoms with Gasteiger partial charge < -0.3 is 49.7 Å². The lowest BCUT2D eigenvalue weighted by Crippen LogP contribution is -2.56. The zero-order valence-electron chi connectivity index (χ0n) is 33.2. The van der Waals surface area contributed by atoms with Crippen molar-refractivity contribution in [2.24, 2.45) is 5.92 Å². The maximum absolute atomic E-state index is 12.9. The van der Waals surface area contributed by atoms with Gasteiger partial charge >= 0.3 is 6.09 Å². The predicted octanol–water partition coefficient (Wildman–Crippen LogP) is 0.465. The van der Waals surface area contributed by atoms with Crippen molar-refractivity contribution in [3.63, 3.8) is 0 Å². The Bertz CT molecular complexity index is 1490. The molecule has 4 amide bonds. The summed E-state index contributed by atoms with van der Waals surface area (Å²) >= 11 is 0. The lowest BCUT2D eigenvalue weighted by atomic mass is 9.68. The summed E-state index contributed by atoms with van der Waals surface area (Å²) in [7, 11) is 1.64. The molecule has 17 nitrogen and oxygen atoms in total. The lowest BCUT2D eigenvalue weighted by Gasteiger charge is -2.42. The zero-order valence-corrected chi connectivity index (χ0v) is 33.2. The minimum atomic E-state index is -0.924. The van der Waals surface area contributed by atoms with Crippen LogP contribution in [-0.2, 0) is 54.0 Å². The molecule has 4 unspecified atom stereocenters. The summed E-state index contributed by atoms with van der Waals surface area (Å²) < 4.78 is 35.0. The van der Waals surface area contributed by atoms with Crippen molar-refractivity contribution >= 4 is 29.6 Å². The van der Waals surface area contributed by atoms with Crippen LogP contribution in [-0.4, -0.2) is 138 Å². The van der Waals surface area contributed by atoms with Crippen molar-refractivity contribution in [3.8, 4) is 0 Å². The average molecular weight is 789 g/mol.